The molecule has 1 atom stereocenters. The molecule has 0 aliphatic carbocycles. The molecule has 0 saturated carbocycles. The van der Waals surface area contributed by atoms with Gasteiger partial charge in [0.15, 0.2) is 0 Å². The summed E-state index contributed by atoms with van der Waals surface area (Å²) in [6.45, 7) is 23.3. The van der Waals surface area contributed by atoms with E-state index in [1.807, 2.05) is 38.2 Å². The molecule has 0 spiro atoms. The normalized spacial score (nSPS) is 11.3. The van der Waals surface area contributed by atoms with Gasteiger partial charge >= 0.3 is 0 Å². The van der Waals surface area contributed by atoms with Crippen molar-refractivity contribution in [2.75, 3.05) is 36.9 Å². The lowest BCUT2D eigenvalue weighted by Crippen LogP contribution is -2.26. The quantitative estimate of drug-likeness (QED) is 0.242. The third-order valence-electron chi connectivity index (χ3n) is 6.81. The summed E-state index contributed by atoms with van der Waals surface area (Å²) in [7, 11) is 1.99. The average Bonchev–Trinajstić information content (AvgIpc) is 2.90. The van der Waals surface area contributed by atoms with E-state index >= 15 is 0 Å². The number of allylic oxidation sites excluding steroid dienone is 1. The summed E-state index contributed by atoms with van der Waals surface area (Å²) in [5.41, 5.74) is 6.46. The van der Waals surface area contributed by atoms with Gasteiger partial charge in [0, 0.05) is 55.0 Å². The number of nitrogens with one attached hydrogen (secondary N) is 2. The molecular formula is C31H40ClN5O. The van der Waals surface area contributed by atoms with Crippen molar-refractivity contribution < 1.29 is 4.79 Å². The second-order valence-electron chi connectivity index (χ2n) is 9.69. The van der Waals surface area contributed by atoms with Crippen molar-refractivity contribution in [3.63, 3.8) is 0 Å². The third-order valence-corrected chi connectivity index (χ3v) is 7.12. The molecule has 2 N–H and O–H groups in total. The van der Waals surface area contributed by atoms with Crippen LogP contribution in [0.1, 0.15) is 50.8 Å². The second-order valence-corrected chi connectivity index (χ2v) is 10.1. The molecule has 38 heavy (non-hydrogen) atoms. The third kappa shape index (κ3) is 7.90. The van der Waals surface area contributed by atoms with Gasteiger partial charge < -0.3 is 20.4 Å². The van der Waals surface area contributed by atoms with Crippen molar-refractivity contribution in [1.82, 2.24) is 10.2 Å². The fourth-order valence-electron chi connectivity index (χ4n) is 4.06. The van der Waals surface area contributed by atoms with E-state index in [4.69, 9.17) is 16.9 Å². The van der Waals surface area contributed by atoms with Crippen LogP contribution in [0, 0.1) is 23.2 Å². The zero-order valence-electron chi connectivity index (χ0n) is 23.3. The van der Waals surface area contributed by atoms with E-state index in [9.17, 15) is 4.79 Å². The summed E-state index contributed by atoms with van der Waals surface area (Å²) in [6.07, 6.45) is 1.60. The minimum Gasteiger partial charge on any atom is -0.385 e. The smallest absolute Gasteiger partial charge is 0.214 e. The van der Waals surface area contributed by atoms with E-state index in [2.05, 4.69) is 62.1 Å². The van der Waals surface area contributed by atoms with Gasteiger partial charge in [-0.05, 0) is 68.0 Å². The predicted octanol–water partition coefficient (Wildman–Crippen LogP) is 6.97. The Morgan fingerprint density at radius 2 is 1.84 bits per heavy atom. The molecule has 1 unspecified atom stereocenters. The van der Waals surface area contributed by atoms with E-state index in [1.165, 1.54) is 0 Å². The molecule has 0 fully saturated rings. The fraction of sp³-hybridized carbons (Fsp3) is 0.355. The zero-order chi connectivity index (χ0) is 28.4. The Bertz CT molecular complexity index is 1210. The maximum atomic E-state index is 11.7. The van der Waals surface area contributed by atoms with Crippen LogP contribution in [0.4, 0.5) is 11.4 Å². The number of carbonyl (C=O) groups is 1. The molecule has 2 rings (SSSR count). The summed E-state index contributed by atoms with van der Waals surface area (Å²) >= 11 is 6.17. The first-order chi connectivity index (χ1) is 18.1. The molecule has 1 amide bonds. The molecule has 0 aromatic heterocycles. The number of halogens is 1. The summed E-state index contributed by atoms with van der Waals surface area (Å²) in [5.74, 6) is 0.700. The number of amides is 1. The van der Waals surface area contributed by atoms with Crippen LogP contribution in [0.5, 0.6) is 0 Å². The van der Waals surface area contributed by atoms with Gasteiger partial charge in [0.2, 0.25) is 6.41 Å². The van der Waals surface area contributed by atoms with Gasteiger partial charge in [-0.15, -0.1) is 0 Å². The van der Waals surface area contributed by atoms with Crippen LogP contribution in [0.15, 0.2) is 61.8 Å². The van der Waals surface area contributed by atoms with Gasteiger partial charge in [0.1, 0.15) is 6.07 Å². The molecule has 0 aliphatic rings. The highest BCUT2D eigenvalue weighted by Gasteiger charge is 2.18. The van der Waals surface area contributed by atoms with Crippen LogP contribution in [0.3, 0.4) is 0 Å². The van der Waals surface area contributed by atoms with Gasteiger partial charge in [-0.2, -0.15) is 5.26 Å². The SMILES string of the molecule is C=C(CC(CNC(=C)c1ccc(N(C=O)CC)c(C(=C)N(C)CC)c1)C(C)C)Nc1ccc(C#N)c(Cl)c1. The van der Waals surface area contributed by atoms with Gasteiger partial charge in [-0.25, -0.2) is 0 Å². The lowest BCUT2D eigenvalue weighted by atomic mass is 9.91. The Kier molecular flexibility index (Phi) is 11.5. The first kappa shape index (κ1) is 30.5. The number of hydrogen-bond donors (Lipinski definition) is 2. The Balaban J connectivity index is 2.15. The van der Waals surface area contributed by atoms with Crippen molar-refractivity contribution >= 4 is 40.8 Å². The van der Waals surface area contributed by atoms with Crippen molar-refractivity contribution in [2.45, 2.75) is 34.1 Å². The zero-order valence-corrected chi connectivity index (χ0v) is 24.0. The number of nitrogens with zero attached hydrogens (tertiary/aromatic N) is 3. The lowest BCUT2D eigenvalue weighted by Gasteiger charge is -2.27. The lowest BCUT2D eigenvalue weighted by molar-refractivity contribution is -0.107. The van der Waals surface area contributed by atoms with E-state index < -0.39 is 0 Å². The molecule has 0 saturated heterocycles. The highest BCUT2D eigenvalue weighted by molar-refractivity contribution is 6.32. The predicted molar refractivity (Wildman–Crippen MR) is 162 cm³/mol. The Labute approximate surface area is 233 Å². The van der Waals surface area contributed by atoms with E-state index in [1.54, 1.807) is 17.0 Å². The Morgan fingerprint density at radius 1 is 1.13 bits per heavy atom. The highest BCUT2D eigenvalue weighted by atomic mass is 35.5. The van der Waals surface area contributed by atoms with Crippen LogP contribution in [-0.2, 0) is 4.79 Å². The molecule has 6 nitrogen and oxygen atoms in total. The van der Waals surface area contributed by atoms with Crippen molar-refractivity contribution in [2.24, 2.45) is 11.8 Å². The first-order valence-corrected chi connectivity index (χ1v) is 13.3. The molecular weight excluding hydrogens is 494 g/mol. The number of rotatable bonds is 15. The standard InChI is InChI=1S/C31H40ClN5O/c1-9-36(8)24(7)29-16-25(12-14-31(29)37(10-2)20-38)23(6)34-19-27(21(3)4)15-22(5)35-28-13-11-26(18-33)30(32)17-28/h11-14,16-17,20-21,27,34-35H,5-7,9-10,15,19H2,1-4,8H3. The maximum absolute atomic E-state index is 11.7. The fourth-order valence-corrected chi connectivity index (χ4v) is 4.28. The Hall–Kier alpha value is -3.69. The number of hydrogen-bond acceptors (Lipinski definition) is 5. The highest BCUT2D eigenvalue weighted by Crippen LogP contribution is 2.31. The van der Waals surface area contributed by atoms with Crippen molar-refractivity contribution in [1.29, 1.82) is 5.26 Å². The van der Waals surface area contributed by atoms with Crippen molar-refractivity contribution in [3.05, 3.63) is 83.5 Å². The molecule has 7 heteroatoms. The summed E-state index contributed by atoms with van der Waals surface area (Å²) in [5, 5.41) is 16.3. The summed E-state index contributed by atoms with van der Waals surface area (Å²) in [4.78, 5) is 15.4. The van der Waals surface area contributed by atoms with E-state index in [0.29, 0.717) is 35.5 Å². The largest absolute Gasteiger partial charge is 0.385 e. The van der Waals surface area contributed by atoms with Crippen LogP contribution >= 0.6 is 11.6 Å². The molecule has 0 heterocycles. The van der Waals surface area contributed by atoms with Gasteiger partial charge in [0.05, 0.1) is 16.3 Å². The molecule has 0 radical (unpaired) electrons. The van der Waals surface area contributed by atoms with Crippen LogP contribution in [0.2, 0.25) is 5.02 Å². The topological polar surface area (TPSA) is 71.4 Å². The van der Waals surface area contributed by atoms with Crippen LogP contribution < -0.4 is 15.5 Å². The molecule has 2 aromatic rings. The minimum absolute atomic E-state index is 0.297. The van der Waals surface area contributed by atoms with E-state index in [0.717, 1.165) is 59.0 Å². The average molecular weight is 534 g/mol. The van der Waals surface area contributed by atoms with Crippen LogP contribution in [0.25, 0.3) is 11.4 Å². The molecule has 0 aliphatic heterocycles. The van der Waals surface area contributed by atoms with Gasteiger partial charge in [0.25, 0.3) is 0 Å². The minimum atomic E-state index is 0.297. The van der Waals surface area contributed by atoms with Gasteiger partial charge in [-0.3, -0.25) is 4.79 Å². The molecule has 202 valence electrons. The number of benzene rings is 2. The molecule has 0 bridgehead atoms. The van der Waals surface area contributed by atoms with Gasteiger partial charge in [-0.1, -0.05) is 51.3 Å². The number of carbonyl (C=O) groups excluding carboxylic acids is 1. The number of anilines is 2. The first-order valence-electron chi connectivity index (χ1n) is 12.9. The monoisotopic (exact) mass is 533 g/mol. The number of nitriles is 1. The maximum Gasteiger partial charge on any atom is 0.214 e. The molecule has 2 aromatic carbocycles. The second kappa shape index (κ2) is 14.3. The van der Waals surface area contributed by atoms with Crippen molar-refractivity contribution in [3.8, 4) is 6.07 Å². The summed E-state index contributed by atoms with van der Waals surface area (Å²) in [6, 6.07) is 13.3. The van der Waals surface area contributed by atoms with Crippen LogP contribution in [-0.4, -0.2) is 38.0 Å². The van der Waals surface area contributed by atoms with E-state index in [-0.39, 0.29) is 0 Å². The summed E-state index contributed by atoms with van der Waals surface area (Å²) < 4.78 is 0. The Morgan fingerprint density at radius 3 is 2.39 bits per heavy atom.